The van der Waals surface area contributed by atoms with E-state index in [1.54, 1.807) is 19.1 Å². The molecule has 0 saturated carbocycles. The molecule has 8 nitrogen and oxygen atoms in total. The number of nitrogens with zero attached hydrogens (tertiary/aromatic N) is 1. The molecule has 1 aliphatic carbocycles. The minimum Gasteiger partial charge on any atom is -0.365 e. The highest BCUT2D eigenvalue weighted by Gasteiger charge is 2.49. The maximum Gasteiger partial charge on any atom is 0.325 e. The Hall–Kier alpha value is -3.20. The van der Waals surface area contributed by atoms with Gasteiger partial charge in [-0.05, 0) is 44.2 Å². The molecule has 1 atom stereocenters. The Kier molecular flexibility index (Phi) is 4.85. The molecule has 0 spiro atoms. The van der Waals surface area contributed by atoms with Crippen molar-refractivity contribution in [2.24, 2.45) is 5.73 Å². The van der Waals surface area contributed by atoms with Crippen LogP contribution in [0.15, 0.2) is 24.3 Å². The second kappa shape index (κ2) is 7.24. The maximum atomic E-state index is 13.0. The third kappa shape index (κ3) is 3.24. The zero-order valence-electron chi connectivity index (χ0n) is 16.7. The van der Waals surface area contributed by atoms with Crippen LogP contribution in [0.4, 0.5) is 9.80 Å². The molecule has 30 heavy (non-hydrogen) atoms. The summed E-state index contributed by atoms with van der Waals surface area (Å²) in [6, 6.07) is 6.64. The molecule has 1 saturated heterocycles. The molecule has 1 fully saturated rings. The Bertz CT molecular complexity index is 1080. The number of aryl methyl sites for hydroxylation is 2. The molecule has 0 bridgehead atoms. The lowest BCUT2D eigenvalue weighted by Crippen LogP contribution is -2.42. The van der Waals surface area contributed by atoms with Gasteiger partial charge in [0.05, 0.1) is 5.56 Å². The minimum absolute atomic E-state index is 0.336. The van der Waals surface area contributed by atoms with Crippen molar-refractivity contribution in [2.45, 2.75) is 38.6 Å². The Morgan fingerprint density at radius 3 is 2.60 bits per heavy atom. The van der Waals surface area contributed by atoms with Crippen molar-refractivity contribution in [1.29, 1.82) is 0 Å². The number of urea groups is 1. The molecule has 1 aromatic carbocycles. The average molecular weight is 426 g/mol. The highest BCUT2D eigenvalue weighted by atomic mass is 32.1. The van der Waals surface area contributed by atoms with E-state index >= 15 is 0 Å². The van der Waals surface area contributed by atoms with Crippen LogP contribution in [0.1, 0.15) is 45.3 Å². The van der Waals surface area contributed by atoms with E-state index in [2.05, 4.69) is 10.6 Å². The van der Waals surface area contributed by atoms with Crippen molar-refractivity contribution < 1.29 is 19.2 Å². The molecule has 1 aliphatic heterocycles. The largest absolute Gasteiger partial charge is 0.365 e. The number of hydrogen-bond donors (Lipinski definition) is 3. The second-order valence-corrected chi connectivity index (χ2v) is 8.89. The molecule has 9 heteroatoms. The minimum atomic E-state index is -1.24. The lowest BCUT2D eigenvalue weighted by molar-refractivity contribution is -0.133. The van der Waals surface area contributed by atoms with E-state index in [1.165, 1.54) is 11.3 Å². The van der Waals surface area contributed by atoms with Crippen LogP contribution in [0.5, 0.6) is 0 Å². The van der Waals surface area contributed by atoms with Crippen molar-refractivity contribution in [3.05, 3.63) is 51.4 Å². The Morgan fingerprint density at radius 2 is 1.93 bits per heavy atom. The molecule has 5 amide bonds. The zero-order valence-corrected chi connectivity index (χ0v) is 17.5. The average Bonchev–Trinajstić information content (AvgIpc) is 3.31. The van der Waals surface area contributed by atoms with Crippen LogP contribution in [-0.2, 0) is 28.0 Å². The fraction of sp³-hybridized carbons (Fsp3) is 0.333. The Morgan fingerprint density at radius 1 is 1.23 bits per heavy atom. The molecule has 2 heterocycles. The third-order valence-corrected chi connectivity index (χ3v) is 6.83. The van der Waals surface area contributed by atoms with Gasteiger partial charge in [-0.25, -0.2) is 4.79 Å². The summed E-state index contributed by atoms with van der Waals surface area (Å²) in [6.45, 7) is 3.09. The lowest BCUT2D eigenvalue weighted by Gasteiger charge is -2.22. The summed E-state index contributed by atoms with van der Waals surface area (Å²) in [5.41, 5.74) is 7.17. The molecule has 156 valence electrons. The third-order valence-electron chi connectivity index (χ3n) is 5.63. The van der Waals surface area contributed by atoms with Crippen molar-refractivity contribution in [3.8, 4) is 0 Å². The Labute approximate surface area is 177 Å². The maximum absolute atomic E-state index is 13.0. The number of imide groups is 1. The van der Waals surface area contributed by atoms with E-state index in [0.717, 1.165) is 40.2 Å². The first-order valence-electron chi connectivity index (χ1n) is 9.66. The van der Waals surface area contributed by atoms with E-state index in [4.69, 9.17) is 5.73 Å². The highest BCUT2D eigenvalue weighted by Crippen LogP contribution is 2.39. The number of amides is 5. The number of thiophene rings is 1. The van der Waals surface area contributed by atoms with E-state index in [0.29, 0.717) is 16.1 Å². The predicted molar refractivity (Wildman–Crippen MR) is 112 cm³/mol. The lowest BCUT2D eigenvalue weighted by atomic mass is 9.91. The molecule has 4 rings (SSSR count). The first-order valence-corrected chi connectivity index (χ1v) is 10.5. The molecule has 1 aromatic heterocycles. The van der Waals surface area contributed by atoms with Gasteiger partial charge in [-0.3, -0.25) is 19.3 Å². The number of nitrogens with one attached hydrogen (secondary N) is 2. The summed E-state index contributed by atoms with van der Waals surface area (Å²) in [5, 5.41) is 5.73. The standard InChI is InChI=1S/C21H22N4O4S/c1-11-6-8-12(9-7-11)21(2)19(28)25(20(29)24-21)10-15(26)23-18-16(17(22)27)13-4-3-5-14(13)30-18/h6-9H,3-5,10H2,1-2H3,(H2,22,27)(H,23,26)(H,24,29). The van der Waals surface area contributed by atoms with Gasteiger partial charge in [-0.15, -0.1) is 11.3 Å². The number of rotatable bonds is 5. The van der Waals surface area contributed by atoms with Gasteiger partial charge in [0, 0.05) is 4.88 Å². The van der Waals surface area contributed by atoms with Gasteiger partial charge >= 0.3 is 6.03 Å². The SMILES string of the molecule is Cc1ccc(C2(C)NC(=O)N(CC(=O)Nc3sc4c(c3C(N)=O)CCC4)C2=O)cc1. The van der Waals surface area contributed by atoms with Gasteiger partial charge in [0.2, 0.25) is 5.91 Å². The highest BCUT2D eigenvalue weighted by molar-refractivity contribution is 7.17. The van der Waals surface area contributed by atoms with Crippen molar-refractivity contribution in [1.82, 2.24) is 10.2 Å². The molecule has 0 radical (unpaired) electrons. The smallest absolute Gasteiger partial charge is 0.325 e. The number of hydrogen-bond acceptors (Lipinski definition) is 5. The number of primary amides is 1. The number of fused-ring (bicyclic) bond motifs is 1. The van der Waals surface area contributed by atoms with Crippen LogP contribution < -0.4 is 16.4 Å². The first kappa shape index (κ1) is 20.1. The van der Waals surface area contributed by atoms with E-state index in [9.17, 15) is 19.2 Å². The van der Waals surface area contributed by atoms with E-state index in [1.807, 2.05) is 19.1 Å². The molecule has 2 aliphatic rings. The van der Waals surface area contributed by atoms with Crippen LogP contribution in [-0.4, -0.2) is 35.2 Å². The molecule has 2 aromatic rings. The number of benzene rings is 1. The van der Waals surface area contributed by atoms with Crippen LogP contribution in [0.2, 0.25) is 0 Å². The van der Waals surface area contributed by atoms with Crippen LogP contribution in [0, 0.1) is 6.92 Å². The van der Waals surface area contributed by atoms with Crippen LogP contribution >= 0.6 is 11.3 Å². The summed E-state index contributed by atoms with van der Waals surface area (Å²) < 4.78 is 0. The summed E-state index contributed by atoms with van der Waals surface area (Å²) >= 11 is 1.33. The van der Waals surface area contributed by atoms with Crippen LogP contribution in [0.25, 0.3) is 0 Å². The number of carbonyl (C=O) groups excluding carboxylic acids is 4. The normalized spacial score (nSPS) is 20.3. The summed E-state index contributed by atoms with van der Waals surface area (Å²) in [6.07, 6.45) is 2.55. The quantitative estimate of drug-likeness (QED) is 0.634. The van der Waals surface area contributed by atoms with Crippen molar-refractivity contribution in [3.63, 3.8) is 0 Å². The molecule has 1 unspecified atom stereocenters. The Balaban J connectivity index is 1.52. The summed E-state index contributed by atoms with van der Waals surface area (Å²) in [4.78, 5) is 51.9. The fourth-order valence-corrected chi connectivity index (χ4v) is 5.30. The predicted octanol–water partition coefficient (Wildman–Crippen LogP) is 2.05. The number of carbonyl (C=O) groups is 4. The summed E-state index contributed by atoms with van der Waals surface area (Å²) in [7, 11) is 0. The number of anilines is 1. The van der Waals surface area contributed by atoms with Gasteiger partial charge in [0.25, 0.3) is 11.8 Å². The topological polar surface area (TPSA) is 122 Å². The van der Waals surface area contributed by atoms with Gasteiger partial charge < -0.3 is 16.4 Å². The first-order chi connectivity index (χ1) is 14.2. The van der Waals surface area contributed by atoms with Gasteiger partial charge in [-0.1, -0.05) is 29.8 Å². The molecule has 4 N–H and O–H groups in total. The zero-order chi connectivity index (χ0) is 21.6. The number of nitrogens with two attached hydrogens (primary N) is 1. The fourth-order valence-electron chi connectivity index (χ4n) is 3.99. The van der Waals surface area contributed by atoms with Crippen LogP contribution in [0.3, 0.4) is 0 Å². The molecular formula is C21H22N4O4S. The van der Waals surface area contributed by atoms with Crippen molar-refractivity contribution in [2.75, 3.05) is 11.9 Å². The summed E-state index contributed by atoms with van der Waals surface area (Å²) in [5.74, 6) is -1.66. The van der Waals surface area contributed by atoms with Crippen molar-refractivity contribution >= 4 is 40.1 Å². The van der Waals surface area contributed by atoms with Gasteiger partial charge in [-0.2, -0.15) is 0 Å². The van der Waals surface area contributed by atoms with E-state index < -0.39 is 35.8 Å². The monoisotopic (exact) mass is 426 g/mol. The molecular weight excluding hydrogens is 404 g/mol. The van der Waals surface area contributed by atoms with Gasteiger partial charge in [0.15, 0.2) is 0 Å². The van der Waals surface area contributed by atoms with Gasteiger partial charge in [0.1, 0.15) is 17.1 Å². The second-order valence-electron chi connectivity index (χ2n) is 7.79. The van der Waals surface area contributed by atoms with E-state index in [-0.39, 0.29) is 0 Å².